The zero-order chi connectivity index (χ0) is 12.3. The van der Waals surface area contributed by atoms with E-state index in [0.717, 1.165) is 12.1 Å². The number of nitrogens with two attached hydrogens (primary N) is 1. The first-order chi connectivity index (χ1) is 7.37. The van der Waals surface area contributed by atoms with Crippen LogP contribution in [0.15, 0.2) is 12.3 Å². The fourth-order valence-corrected chi connectivity index (χ4v) is 1.61. The van der Waals surface area contributed by atoms with Crippen LogP contribution in [0, 0.1) is 0 Å². The van der Waals surface area contributed by atoms with E-state index in [4.69, 9.17) is 5.84 Å². The number of rotatable bonds is 5. The Labute approximate surface area is 97.6 Å². The van der Waals surface area contributed by atoms with Gasteiger partial charge in [0.2, 0.25) is 0 Å². The molecule has 1 atom stereocenters. The SMILES string of the molecule is CN(C)C(C)(C)C(Cc1ccn(C)n1)NN. The van der Waals surface area contributed by atoms with Gasteiger partial charge in [-0.05, 0) is 34.0 Å². The molecule has 3 N–H and O–H groups in total. The molecular formula is C11H23N5. The number of hydrazine groups is 1. The second kappa shape index (κ2) is 4.95. The van der Waals surface area contributed by atoms with Crippen molar-refractivity contribution in [2.45, 2.75) is 31.8 Å². The Bertz CT molecular complexity index is 329. The highest BCUT2D eigenvalue weighted by atomic mass is 15.3. The maximum atomic E-state index is 5.64. The highest BCUT2D eigenvalue weighted by Crippen LogP contribution is 2.18. The van der Waals surface area contributed by atoms with E-state index in [1.165, 1.54) is 0 Å². The topological polar surface area (TPSA) is 59.1 Å². The Morgan fingerprint density at radius 1 is 1.56 bits per heavy atom. The van der Waals surface area contributed by atoms with Crippen LogP contribution in [0.4, 0.5) is 0 Å². The molecule has 5 nitrogen and oxygen atoms in total. The van der Waals surface area contributed by atoms with Crippen molar-refractivity contribution in [3.63, 3.8) is 0 Å². The number of hydrogen-bond acceptors (Lipinski definition) is 4. The van der Waals surface area contributed by atoms with Gasteiger partial charge < -0.3 is 4.90 Å². The van der Waals surface area contributed by atoms with Crippen LogP contribution >= 0.6 is 0 Å². The minimum atomic E-state index is -0.0216. The Kier molecular flexibility index (Phi) is 4.07. The summed E-state index contributed by atoms with van der Waals surface area (Å²) < 4.78 is 1.81. The molecular weight excluding hydrogens is 202 g/mol. The Morgan fingerprint density at radius 3 is 2.56 bits per heavy atom. The first-order valence-corrected chi connectivity index (χ1v) is 5.50. The van der Waals surface area contributed by atoms with E-state index in [1.807, 2.05) is 24.0 Å². The second-order valence-electron chi connectivity index (χ2n) is 4.95. The molecule has 0 aliphatic rings. The molecule has 0 amide bonds. The minimum Gasteiger partial charge on any atom is -0.303 e. The fourth-order valence-electron chi connectivity index (χ4n) is 1.61. The molecule has 1 aromatic rings. The molecule has 0 fully saturated rings. The van der Waals surface area contributed by atoms with Crippen molar-refractivity contribution in [1.29, 1.82) is 0 Å². The van der Waals surface area contributed by atoms with Gasteiger partial charge in [-0.3, -0.25) is 16.0 Å². The van der Waals surface area contributed by atoms with Gasteiger partial charge in [-0.25, -0.2) is 0 Å². The van der Waals surface area contributed by atoms with Gasteiger partial charge in [0, 0.05) is 31.2 Å². The van der Waals surface area contributed by atoms with Crippen molar-refractivity contribution in [2.75, 3.05) is 14.1 Å². The van der Waals surface area contributed by atoms with E-state index in [2.05, 4.69) is 43.4 Å². The van der Waals surface area contributed by atoms with Crippen molar-refractivity contribution in [2.24, 2.45) is 12.9 Å². The van der Waals surface area contributed by atoms with Crippen molar-refractivity contribution in [1.82, 2.24) is 20.1 Å². The van der Waals surface area contributed by atoms with Crippen molar-refractivity contribution in [3.8, 4) is 0 Å². The summed E-state index contributed by atoms with van der Waals surface area (Å²) in [7, 11) is 6.04. The highest BCUT2D eigenvalue weighted by molar-refractivity contribution is 5.05. The predicted octanol–water partition coefficient (Wildman–Crippen LogP) is 0.135. The Hall–Kier alpha value is -0.910. The molecule has 0 saturated heterocycles. The first kappa shape index (κ1) is 13.2. The third-order valence-electron chi connectivity index (χ3n) is 3.39. The molecule has 1 aromatic heterocycles. The van der Waals surface area contributed by atoms with Crippen molar-refractivity contribution >= 4 is 0 Å². The lowest BCUT2D eigenvalue weighted by Crippen LogP contribution is -2.58. The molecule has 1 unspecified atom stereocenters. The van der Waals surface area contributed by atoms with Crippen LogP contribution in [0.2, 0.25) is 0 Å². The summed E-state index contributed by atoms with van der Waals surface area (Å²) in [4.78, 5) is 2.17. The van der Waals surface area contributed by atoms with Crippen molar-refractivity contribution in [3.05, 3.63) is 18.0 Å². The molecule has 0 aromatic carbocycles. The molecule has 0 radical (unpaired) electrons. The van der Waals surface area contributed by atoms with Gasteiger partial charge in [0.25, 0.3) is 0 Å². The average molecular weight is 225 g/mol. The monoisotopic (exact) mass is 225 g/mol. The van der Waals surface area contributed by atoms with E-state index in [0.29, 0.717) is 0 Å². The van der Waals surface area contributed by atoms with Crippen LogP contribution in [0.5, 0.6) is 0 Å². The Balaban J connectivity index is 2.76. The molecule has 0 aliphatic heterocycles. The Morgan fingerprint density at radius 2 is 2.19 bits per heavy atom. The molecule has 92 valence electrons. The summed E-state index contributed by atoms with van der Waals surface area (Å²) in [5.41, 5.74) is 3.92. The smallest absolute Gasteiger partial charge is 0.0641 e. The van der Waals surface area contributed by atoms with Gasteiger partial charge in [-0.15, -0.1) is 0 Å². The third kappa shape index (κ3) is 2.81. The van der Waals surface area contributed by atoms with Crippen LogP contribution in [0.25, 0.3) is 0 Å². The van der Waals surface area contributed by atoms with Gasteiger partial charge in [-0.1, -0.05) is 0 Å². The zero-order valence-corrected chi connectivity index (χ0v) is 10.9. The summed E-state index contributed by atoms with van der Waals surface area (Å²) in [5, 5.41) is 4.37. The number of aromatic nitrogens is 2. The molecule has 0 saturated carbocycles. The third-order valence-corrected chi connectivity index (χ3v) is 3.39. The first-order valence-electron chi connectivity index (χ1n) is 5.50. The second-order valence-corrected chi connectivity index (χ2v) is 4.95. The number of nitrogens with one attached hydrogen (secondary N) is 1. The quantitative estimate of drug-likeness (QED) is 0.552. The van der Waals surface area contributed by atoms with E-state index < -0.39 is 0 Å². The van der Waals surface area contributed by atoms with Crippen molar-refractivity contribution < 1.29 is 0 Å². The molecule has 0 bridgehead atoms. The zero-order valence-electron chi connectivity index (χ0n) is 10.9. The van der Waals surface area contributed by atoms with Gasteiger partial charge in [-0.2, -0.15) is 5.10 Å². The van der Waals surface area contributed by atoms with Crippen LogP contribution in [0.3, 0.4) is 0 Å². The summed E-state index contributed by atoms with van der Waals surface area (Å²) in [6, 6.07) is 2.19. The lowest BCUT2D eigenvalue weighted by atomic mass is 9.90. The summed E-state index contributed by atoms with van der Waals surface area (Å²) >= 11 is 0. The molecule has 0 spiro atoms. The number of likely N-dealkylation sites (N-methyl/N-ethyl adjacent to an activating group) is 1. The van der Waals surface area contributed by atoms with E-state index in [1.54, 1.807) is 0 Å². The molecule has 16 heavy (non-hydrogen) atoms. The summed E-state index contributed by atoms with van der Waals surface area (Å²) in [6.07, 6.45) is 2.77. The van der Waals surface area contributed by atoms with Gasteiger partial charge in [0.1, 0.15) is 0 Å². The van der Waals surface area contributed by atoms with Gasteiger partial charge in [0.05, 0.1) is 5.69 Å². The van der Waals surface area contributed by atoms with E-state index in [-0.39, 0.29) is 11.6 Å². The van der Waals surface area contributed by atoms with E-state index in [9.17, 15) is 0 Å². The number of aryl methyl sites for hydroxylation is 1. The summed E-state index contributed by atoms with van der Waals surface area (Å²) in [6.45, 7) is 4.33. The van der Waals surface area contributed by atoms with Crippen LogP contribution in [-0.4, -0.2) is 40.4 Å². The summed E-state index contributed by atoms with van der Waals surface area (Å²) in [5.74, 6) is 5.64. The standard InChI is InChI=1S/C11H23N5/c1-11(2,15(3)4)10(13-12)8-9-6-7-16(5)14-9/h6-7,10,13H,8,12H2,1-5H3. The van der Waals surface area contributed by atoms with Gasteiger partial charge >= 0.3 is 0 Å². The molecule has 1 heterocycles. The molecule has 5 heteroatoms. The normalized spacial score (nSPS) is 14.4. The van der Waals surface area contributed by atoms with E-state index >= 15 is 0 Å². The number of hydrogen-bond donors (Lipinski definition) is 2. The fraction of sp³-hybridized carbons (Fsp3) is 0.727. The maximum Gasteiger partial charge on any atom is 0.0641 e. The lowest BCUT2D eigenvalue weighted by Gasteiger charge is -2.39. The highest BCUT2D eigenvalue weighted by Gasteiger charge is 2.31. The molecule has 1 rings (SSSR count). The average Bonchev–Trinajstić information content (AvgIpc) is 2.60. The lowest BCUT2D eigenvalue weighted by molar-refractivity contribution is 0.137. The van der Waals surface area contributed by atoms with Gasteiger partial charge in [0.15, 0.2) is 0 Å². The number of nitrogens with zero attached hydrogens (tertiary/aromatic N) is 3. The predicted molar refractivity (Wildman–Crippen MR) is 65.8 cm³/mol. The minimum absolute atomic E-state index is 0.0216. The maximum absolute atomic E-state index is 5.64. The largest absolute Gasteiger partial charge is 0.303 e. The van der Waals surface area contributed by atoms with Crippen LogP contribution in [0.1, 0.15) is 19.5 Å². The van der Waals surface area contributed by atoms with Crippen LogP contribution < -0.4 is 11.3 Å². The molecule has 0 aliphatic carbocycles. The van der Waals surface area contributed by atoms with Crippen LogP contribution in [-0.2, 0) is 13.5 Å².